The first kappa shape index (κ1) is 11.4. The van der Waals surface area contributed by atoms with Crippen LogP contribution in [0.15, 0.2) is 18.2 Å². The summed E-state index contributed by atoms with van der Waals surface area (Å²) in [4.78, 5) is 0. The zero-order valence-electron chi connectivity index (χ0n) is 9.21. The van der Waals surface area contributed by atoms with E-state index in [1.165, 1.54) is 5.56 Å². The van der Waals surface area contributed by atoms with Crippen molar-refractivity contribution in [3.05, 3.63) is 23.8 Å². The molecule has 0 atom stereocenters. The van der Waals surface area contributed by atoms with Gasteiger partial charge in [0.1, 0.15) is 5.75 Å². The van der Waals surface area contributed by atoms with Crippen LogP contribution in [0.1, 0.15) is 18.9 Å². The maximum Gasteiger partial charge on any atom is 0.142 e. The third kappa shape index (κ3) is 3.51. The fourth-order valence-corrected chi connectivity index (χ4v) is 1.32. The minimum absolute atomic E-state index is 0.500. The molecule has 3 heteroatoms. The number of anilines is 1. The first-order chi connectivity index (χ1) is 7.27. The van der Waals surface area contributed by atoms with Gasteiger partial charge in [0, 0.05) is 6.54 Å². The predicted molar refractivity (Wildman–Crippen MR) is 61.1 cm³/mol. The molecule has 0 aliphatic rings. The standard InChI is InChI=1S/C12H16N2O/c1-3-15-12-6-5-10(2)9-11(12)14-8-4-7-13/h5-6,9,14H,3-4,8H2,1-2H3. The number of nitriles is 1. The lowest BCUT2D eigenvalue weighted by molar-refractivity contribution is 0.341. The molecule has 0 unspecified atom stereocenters. The molecule has 15 heavy (non-hydrogen) atoms. The van der Waals surface area contributed by atoms with Crippen molar-refractivity contribution in [2.24, 2.45) is 0 Å². The molecule has 0 aromatic heterocycles. The molecule has 1 aromatic rings. The van der Waals surface area contributed by atoms with Crippen LogP contribution in [0.4, 0.5) is 5.69 Å². The lowest BCUT2D eigenvalue weighted by Crippen LogP contribution is -2.03. The van der Waals surface area contributed by atoms with Crippen LogP contribution in [-0.2, 0) is 0 Å². The Hall–Kier alpha value is -1.69. The van der Waals surface area contributed by atoms with E-state index >= 15 is 0 Å². The zero-order chi connectivity index (χ0) is 11.1. The van der Waals surface area contributed by atoms with Crippen LogP contribution in [0.25, 0.3) is 0 Å². The Balaban J connectivity index is 2.73. The molecule has 0 aliphatic carbocycles. The molecule has 1 N–H and O–H groups in total. The largest absolute Gasteiger partial charge is 0.492 e. The number of rotatable bonds is 5. The smallest absolute Gasteiger partial charge is 0.142 e. The van der Waals surface area contributed by atoms with Gasteiger partial charge < -0.3 is 10.1 Å². The Morgan fingerprint density at radius 2 is 2.27 bits per heavy atom. The molecule has 3 nitrogen and oxygen atoms in total. The fraction of sp³-hybridized carbons (Fsp3) is 0.417. The molecule has 0 fully saturated rings. The summed E-state index contributed by atoms with van der Waals surface area (Å²) < 4.78 is 5.48. The summed E-state index contributed by atoms with van der Waals surface area (Å²) in [6.07, 6.45) is 0.500. The number of nitrogens with one attached hydrogen (secondary N) is 1. The molecule has 0 aliphatic heterocycles. The summed E-state index contributed by atoms with van der Waals surface area (Å²) in [6.45, 7) is 5.29. The zero-order valence-corrected chi connectivity index (χ0v) is 9.21. The van der Waals surface area contributed by atoms with E-state index in [9.17, 15) is 0 Å². The van der Waals surface area contributed by atoms with Crippen LogP contribution in [0.2, 0.25) is 0 Å². The number of benzene rings is 1. The van der Waals surface area contributed by atoms with Crippen LogP contribution in [0, 0.1) is 18.3 Å². The van der Waals surface area contributed by atoms with Crippen molar-refractivity contribution in [2.45, 2.75) is 20.3 Å². The van der Waals surface area contributed by atoms with Crippen molar-refractivity contribution in [1.29, 1.82) is 5.26 Å². The number of hydrogen-bond donors (Lipinski definition) is 1. The maximum atomic E-state index is 8.45. The SMILES string of the molecule is CCOc1ccc(C)cc1NCCC#N. The van der Waals surface area contributed by atoms with Gasteiger partial charge in [0.05, 0.1) is 24.8 Å². The molecule has 1 rings (SSSR count). The van der Waals surface area contributed by atoms with Crippen molar-refractivity contribution in [3.8, 4) is 11.8 Å². The molecular weight excluding hydrogens is 188 g/mol. The number of nitrogens with zero attached hydrogens (tertiary/aromatic N) is 1. The predicted octanol–water partition coefficient (Wildman–Crippen LogP) is 2.72. The molecule has 1 aromatic carbocycles. The summed E-state index contributed by atoms with van der Waals surface area (Å²) in [5, 5.41) is 11.6. The highest BCUT2D eigenvalue weighted by Gasteiger charge is 2.02. The van der Waals surface area contributed by atoms with Gasteiger partial charge in [-0.05, 0) is 31.5 Å². The van der Waals surface area contributed by atoms with E-state index in [2.05, 4.69) is 11.4 Å². The average Bonchev–Trinajstić information content (AvgIpc) is 2.22. The summed E-state index contributed by atoms with van der Waals surface area (Å²) in [7, 11) is 0. The molecular formula is C12H16N2O. The molecule has 0 saturated carbocycles. The highest BCUT2D eigenvalue weighted by Crippen LogP contribution is 2.25. The van der Waals surface area contributed by atoms with Gasteiger partial charge in [-0.1, -0.05) is 6.07 Å². The van der Waals surface area contributed by atoms with Crippen LogP contribution in [0.3, 0.4) is 0 Å². The molecule has 0 radical (unpaired) electrons. The van der Waals surface area contributed by atoms with E-state index in [0.29, 0.717) is 19.6 Å². The van der Waals surface area contributed by atoms with Crippen molar-refractivity contribution >= 4 is 5.69 Å². The Morgan fingerprint density at radius 1 is 1.47 bits per heavy atom. The number of ether oxygens (including phenoxy) is 1. The molecule has 0 amide bonds. The van der Waals surface area contributed by atoms with Gasteiger partial charge in [0.15, 0.2) is 0 Å². The van der Waals surface area contributed by atoms with Gasteiger partial charge in [-0.25, -0.2) is 0 Å². The van der Waals surface area contributed by atoms with Crippen molar-refractivity contribution in [2.75, 3.05) is 18.5 Å². The first-order valence-electron chi connectivity index (χ1n) is 5.12. The first-order valence-corrected chi connectivity index (χ1v) is 5.12. The van der Waals surface area contributed by atoms with Gasteiger partial charge >= 0.3 is 0 Å². The molecule has 0 saturated heterocycles. The Labute approximate surface area is 90.7 Å². The summed E-state index contributed by atoms with van der Waals surface area (Å²) in [5.41, 5.74) is 2.14. The second kappa shape index (κ2) is 5.92. The van der Waals surface area contributed by atoms with Crippen molar-refractivity contribution < 1.29 is 4.74 Å². The molecule has 0 bridgehead atoms. The van der Waals surface area contributed by atoms with E-state index in [4.69, 9.17) is 10.00 Å². The van der Waals surface area contributed by atoms with Crippen LogP contribution < -0.4 is 10.1 Å². The average molecular weight is 204 g/mol. The van der Waals surface area contributed by atoms with Gasteiger partial charge in [0.25, 0.3) is 0 Å². The lowest BCUT2D eigenvalue weighted by atomic mass is 10.2. The Bertz CT molecular complexity index is 355. The topological polar surface area (TPSA) is 45.0 Å². The second-order valence-electron chi connectivity index (χ2n) is 3.27. The Morgan fingerprint density at radius 3 is 2.93 bits per heavy atom. The van der Waals surface area contributed by atoms with E-state index in [1.54, 1.807) is 0 Å². The molecule has 0 heterocycles. The van der Waals surface area contributed by atoms with E-state index in [1.807, 2.05) is 32.0 Å². The number of hydrogen-bond acceptors (Lipinski definition) is 3. The van der Waals surface area contributed by atoms with E-state index in [0.717, 1.165) is 11.4 Å². The Kier molecular flexibility index (Phi) is 4.49. The molecule has 80 valence electrons. The number of aryl methyl sites for hydroxylation is 1. The normalized spacial score (nSPS) is 9.40. The van der Waals surface area contributed by atoms with E-state index < -0.39 is 0 Å². The van der Waals surface area contributed by atoms with Gasteiger partial charge in [-0.3, -0.25) is 0 Å². The van der Waals surface area contributed by atoms with Gasteiger partial charge in [0.2, 0.25) is 0 Å². The highest BCUT2D eigenvalue weighted by molar-refractivity contribution is 5.58. The third-order valence-electron chi connectivity index (χ3n) is 1.99. The minimum atomic E-state index is 0.500. The van der Waals surface area contributed by atoms with Gasteiger partial charge in [-0.15, -0.1) is 0 Å². The minimum Gasteiger partial charge on any atom is -0.492 e. The van der Waals surface area contributed by atoms with Crippen LogP contribution in [-0.4, -0.2) is 13.2 Å². The van der Waals surface area contributed by atoms with E-state index in [-0.39, 0.29) is 0 Å². The fourth-order valence-electron chi connectivity index (χ4n) is 1.32. The molecule has 0 spiro atoms. The van der Waals surface area contributed by atoms with Crippen LogP contribution >= 0.6 is 0 Å². The summed E-state index contributed by atoms with van der Waals surface area (Å²) in [5.74, 6) is 0.848. The second-order valence-corrected chi connectivity index (χ2v) is 3.27. The maximum absolute atomic E-state index is 8.45. The summed E-state index contributed by atoms with van der Waals surface area (Å²) >= 11 is 0. The monoisotopic (exact) mass is 204 g/mol. The quantitative estimate of drug-likeness (QED) is 0.750. The summed E-state index contributed by atoms with van der Waals surface area (Å²) in [6, 6.07) is 8.10. The van der Waals surface area contributed by atoms with Crippen LogP contribution in [0.5, 0.6) is 5.75 Å². The highest BCUT2D eigenvalue weighted by atomic mass is 16.5. The lowest BCUT2D eigenvalue weighted by Gasteiger charge is -2.12. The third-order valence-corrected chi connectivity index (χ3v) is 1.99. The van der Waals surface area contributed by atoms with Crippen molar-refractivity contribution in [1.82, 2.24) is 0 Å². The van der Waals surface area contributed by atoms with Gasteiger partial charge in [-0.2, -0.15) is 5.26 Å². The van der Waals surface area contributed by atoms with Crippen molar-refractivity contribution in [3.63, 3.8) is 0 Å².